The van der Waals surface area contributed by atoms with Crippen molar-refractivity contribution in [2.75, 3.05) is 32.8 Å². The highest BCUT2D eigenvalue weighted by Gasteiger charge is 2.29. The Morgan fingerprint density at radius 1 is 1.19 bits per heavy atom. The largest absolute Gasteiger partial charge is 0.376 e. The molecule has 0 N–H and O–H groups in total. The fourth-order valence-corrected chi connectivity index (χ4v) is 5.00. The molecule has 2 aliphatic heterocycles. The van der Waals surface area contributed by atoms with Gasteiger partial charge in [0.15, 0.2) is 0 Å². The molecule has 4 rings (SSSR count). The third-order valence-electron chi connectivity index (χ3n) is 7.09. The zero-order valence-corrected chi connectivity index (χ0v) is 19.9. The Hall–Kier alpha value is -2.18. The van der Waals surface area contributed by atoms with Crippen molar-refractivity contribution in [3.63, 3.8) is 0 Å². The Morgan fingerprint density at radius 3 is 2.62 bits per heavy atom. The quantitative estimate of drug-likeness (QED) is 0.629. The Kier molecular flexibility index (Phi) is 7.63. The van der Waals surface area contributed by atoms with Crippen molar-refractivity contribution in [1.29, 1.82) is 0 Å². The first kappa shape index (κ1) is 23.0. The molecule has 0 spiro atoms. The molecule has 2 aromatic rings. The molecule has 1 aromatic heterocycles. The zero-order valence-electron chi connectivity index (χ0n) is 19.9. The maximum absolute atomic E-state index is 13.5. The van der Waals surface area contributed by atoms with E-state index in [0.29, 0.717) is 18.2 Å². The lowest BCUT2D eigenvalue weighted by atomic mass is 9.95. The van der Waals surface area contributed by atoms with Crippen LogP contribution in [0.2, 0.25) is 0 Å². The van der Waals surface area contributed by atoms with E-state index in [1.165, 1.54) is 11.1 Å². The molecule has 0 radical (unpaired) electrons. The number of hydrogen-bond donors (Lipinski definition) is 0. The minimum Gasteiger partial charge on any atom is -0.376 e. The summed E-state index contributed by atoms with van der Waals surface area (Å²) in [5, 5.41) is 4.50. The highest BCUT2D eigenvalue weighted by atomic mass is 16.5. The van der Waals surface area contributed by atoms with E-state index in [2.05, 4.69) is 48.1 Å². The van der Waals surface area contributed by atoms with Crippen LogP contribution in [0.25, 0.3) is 0 Å². The van der Waals surface area contributed by atoms with E-state index in [1.807, 2.05) is 18.0 Å². The van der Waals surface area contributed by atoms with Gasteiger partial charge in [-0.25, -0.2) is 0 Å². The fraction of sp³-hybridized carbons (Fsp3) is 0.615. The Balaban J connectivity index is 1.38. The number of rotatable bonds is 8. The molecule has 0 saturated carbocycles. The predicted octanol–water partition coefficient (Wildman–Crippen LogP) is 3.82. The summed E-state index contributed by atoms with van der Waals surface area (Å²) in [6, 6.07) is 10.6. The van der Waals surface area contributed by atoms with Gasteiger partial charge in [-0.3, -0.25) is 14.4 Å². The van der Waals surface area contributed by atoms with E-state index < -0.39 is 0 Å². The summed E-state index contributed by atoms with van der Waals surface area (Å²) >= 11 is 0. The van der Waals surface area contributed by atoms with Gasteiger partial charge in [-0.2, -0.15) is 5.10 Å². The topological polar surface area (TPSA) is 50.6 Å². The Labute approximate surface area is 192 Å². The van der Waals surface area contributed by atoms with Crippen molar-refractivity contribution in [3.8, 4) is 0 Å². The van der Waals surface area contributed by atoms with Gasteiger partial charge in [-0.1, -0.05) is 31.2 Å². The van der Waals surface area contributed by atoms with E-state index in [9.17, 15) is 4.79 Å². The van der Waals surface area contributed by atoms with E-state index in [-0.39, 0.29) is 12.0 Å². The average molecular weight is 439 g/mol. The number of amides is 1. The van der Waals surface area contributed by atoms with Crippen LogP contribution in [0.1, 0.15) is 59.9 Å². The molecule has 32 heavy (non-hydrogen) atoms. The molecular weight excluding hydrogens is 400 g/mol. The standard InChI is InChI=1S/C26H38N4O2/c1-4-23-16-25(28(3)27-23)26(31)30(19-24-10-7-15-32-24)17-21-11-13-29(14-12-21)18-22-9-6-5-8-20(22)2/h5-6,8-9,16,21,24H,4,7,10-15,17-19H2,1-3H3/t24-/m1/s1. The van der Waals surface area contributed by atoms with Gasteiger partial charge in [0.25, 0.3) is 5.91 Å². The van der Waals surface area contributed by atoms with E-state index in [1.54, 1.807) is 4.68 Å². The van der Waals surface area contributed by atoms with Crippen molar-refractivity contribution in [1.82, 2.24) is 19.6 Å². The van der Waals surface area contributed by atoms with Crippen molar-refractivity contribution < 1.29 is 9.53 Å². The summed E-state index contributed by atoms with van der Waals surface area (Å²) < 4.78 is 7.63. The van der Waals surface area contributed by atoms with Gasteiger partial charge in [0, 0.05) is 33.3 Å². The summed E-state index contributed by atoms with van der Waals surface area (Å²) in [6.07, 6.45) is 5.41. The van der Waals surface area contributed by atoms with Gasteiger partial charge in [0.05, 0.1) is 11.8 Å². The molecule has 2 aliphatic rings. The molecule has 174 valence electrons. The van der Waals surface area contributed by atoms with Gasteiger partial charge in [0.2, 0.25) is 0 Å². The number of nitrogens with zero attached hydrogens (tertiary/aromatic N) is 4. The zero-order chi connectivity index (χ0) is 22.5. The number of aromatic nitrogens is 2. The second-order valence-corrected chi connectivity index (χ2v) is 9.49. The van der Waals surface area contributed by atoms with Crippen LogP contribution in [0.3, 0.4) is 0 Å². The molecule has 2 fully saturated rings. The van der Waals surface area contributed by atoms with Crippen molar-refractivity contribution in [2.24, 2.45) is 13.0 Å². The third-order valence-corrected chi connectivity index (χ3v) is 7.09. The lowest BCUT2D eigenvalue weighted by Crippen LogP contribution is -2.44. The van der Waals surface area contributed by atoms with Crippen molar-refractivity contribution in [2.45, 2.75) is 58.6 Å². The number of likely N-dealkylation sites (tertiary alicyclic amines) is 1. The summed E-state index contributed by atoms with van der Waals surface area (Å²) in [6.45, 7) is 9.78. The first-order chi connectivity index (χ1) is 15.5. The smallest absolute Gasteiger partial charge is 0.272 e. The average Bonchev–Trinajstić information content (AvgIpc) is 3.45. The molecule has 1 atom stereocenters. The minimum absolute atomic E-state index is 0.0949. The molecule has 0 unspecified atom stereocenters. The second-order valence-electron chi connectivity index (χ2n) is 9.49. The molecule has 3 heterocycles. The summed E-state index contributed by atoms with van der Waals surface area (Å²) in [7, 11) is 1.88. The van der Waals surface area contributed by atoms with Crippen LogP contribution in [-0.2, 0) is 24.8 Å². The van der Waals surface area contributed by atoms with Crippen LogP contribution >= 0.6 is 0 Å². The number of benzene rings is 1. The Morgan fingerprint density at radius 2 is 1.97 bits per heavy atom. The molecule has 0 bridgehead atoms. The summed E-state index contributed by atoms with van der Waals surface area (Å²) in [4.78, 5) is 18.1. The maximum atomic E-state index is 13.5. The van der Waals surface area contributed by atoms with E-state index in [4.69, 9.17) is 4.74 Å². The molecule has 6 heteroatoms. The second kappa shape index (κ2) is 10.6. The van der Waals surface area contributed by atoms with Crippen molar-refractivity contribution >= 4 is 5.91 Å². The van der Waals surface area contributed by atoms with Gasteiger partial charge in [0.1, 0.15) is 5.69 Å². The molecule has 1 amide bonds. The summed E-state index contributed by atoms with van der Waals surface area (Å²) in [5.41, 5.74) is 4.45. The lowest BCUT2D eigenvalue weighted by Gasteiger charge is -2.35. The van der Waals surface area contributed by atoms with E-state index >= 15 is 0 Å². The van der Waals surface area contributed by atoms with Gasteiger partial charge in [-0.05, 0) is 75.2 Å². The number of ether oxygens (including phenoxy) is 1. The van der Waals surface area contributed by atoms with Crippen LogP contribution in [0, 0.1) is 12.8 Å². The molecule has 1 aromatic carbocycles. The monoisotopic (exact) mass is 438 g/mol. The third kappa shape index (κ3) is 5.59. The van der Waals surface area contributed by atoms with Crippen LogP contribution in [0.5, 0.6) is 0 Å². The molecule has 2 saturated heterocycles. The maximum Gasteiger partial charge on any atom is 0.272 e. The van der Waals surface area contributed by atoms with Gasteiger partial charge < -0.3 is 9.64 Å². The number of carbonyl (C=O) groups excluding carboxylic acids is 1. The highest BCUT2D eigenvalue weighted by Crippen LogP contribution is 2.23. The molecular formula is C26H38N4O2. The van der Waals surface area contributed by atoms with Crippen LogP contribution in [0.4, 0.5) is 0 Å². The van der Waals surface area contributed by atoms with Crippen molar-refractivity contribution in [3.05, 3.63) is 52.8 Å². The van der Waals surface area contributed by atoms with Crippen LogP contribution in [0.15, 0.2) is 30.3 Å². The Bertz CT molecular complexity index is 895. The van der Waals surface area contributed by atoms with Crippen LogP contribution < -0.4 is 0 Å². The highest BCUT2D eigenvalue weighted by molar-refractivity contribution is 5.92. The molecule has 0 aliphatic carbocycles. The minimum atomic E-state index is 0.0949. The predicted molar refractivity (Wildman–Crippen MR) is 127 cm³/mol. The van der Waals surface area contributed by atoms with E-state index in [0.717, 1.165) is 70.6 Å². The number of aryl methyl sites for hydroxylation is 3. The van der Waals surface area contributed by atoms with Crippen LogP contribution in [-0.4, -0.2) is 64.4 Å². The van der Waals surface area contributed by atoms with Gasteiger partial charge >= 0.3 is 0 Å². The first-order valence-electron chi connectivity index (χ1n) is 12.2. The SMILES string of the molecule is CCc1cc(C(=O)N(CC2CCN(Cc3ccccc3C)CC2)C[C@H]2CCCO2)n(C)n1. The number of carbonyl (C=O) groups is 1. The normalized spacial score (nSPS) is 20.0. The molecule has 6 nitrogen and oxygen atoms in total. The summed E-state index contributed by atoms with van der Waals surface area (Å²) in [5.74, 6) is 0.630. The number of hydrogen-bond acceptors (Lipinski definition) is 4. The fourth-order valence-electron chi connectivity index (χ4n) is 5.00. The lowest BCUT2D eigenvalue weighted by molar-refractivity contribution is 0.0437. The number of piperidine rings is 1. The first-order valence-corrected chi connectivity index (χ1v) is 12.2. The van der Waals surface area contributed by atoms with Gasteiger partial charge in [-0.15, -0.1) is 0 Å².